The number of hydrogen-bond acceptors (Lipinski definition) is 2. The lowest BCUT2D eigenvalue weighted by Crippen LogP contribution is -2.29. The predicted octanol–water partition coefficient (Wildman–Crippen LogP) is 3.37. The topological polar surface area (TPSA) is 12.0 Å². The Balaban J connectivity index is 2.52. The van der Waals surface area contributed by atoms with Crippen LogP contribution >= 0.6 is 23.4 Å². The molecule has 2 atom stereocenters. The van der Waals surface area contributed by atoms with Crippen molar-refractivity contribution in [2.24, 2.45) is 0 Å². The van der Waals surface area contributed by atoms with Gasteiger partial charge in [-0.2, -0.15) is 11.8 Å². The third-order valence-corrected chi connectivity index (χ3v) is 4.39. The zero-order chi connectivity index (χ0) is 11.0. The summed E-state index contributed by atoms with van der Waals surface area (Å²) in [6, 6.07) is 3.18. The summed E-state index contributed by atoms with van der Waals surface area (Å²) < 4.78 is 13.3. The first kappa shape index (κ1) is 11.2. The van der Waals surface area contributed by atoms with Crippen molar-refractivity contribution in [2.45, 2.75) is 24.0 Å². The number of halogens is 2. The SMILES string of the molecule is CNC1c2cc(F)cc(Cl)c2CSC1C. The fourth-order valence-electron chi connectivity index (χ4n) is 2.01. The van der Waals surface area contributed by atoms with E-state index < -0.39 is 0 Å². The van der Waals surface area contributed by atoms with E-state index in [4.69, 9.17) is 11.6 Å². The van der Waals surface area contributed by atoms with Gasteiger partial charge in [-0.05, 0) is 30.3 Å². The van der Waals surface area contributed by atoms with Crippen LogP contribution in [0.5, 0.6) is 0 Å². The van der Waals surface area contributed by atoms with E-state index in [1.165, 1.54) is 6.07 Å². The Morgan fingerprint density at radius 3 is 2.93 bits per heavy atom. The monoisotopic (exact) mass is 245 g/mol. The first-order chi connectivity index (χ1) is 7.13. The lowest BCUT2D eigenvalue weighted by molar-refractivity contribution is 0.566. The molecule has 1 N–H and O–H groups in total. The Hall–Kier alpha value is -0.250. The van der Waals surface area contributed by atoms with Gasteiger partial charge in [0.25, 0.3) is 0 Å². The number of hydrogen-bond donors (Lipinski definition) is 1. The fourth-order valence-corrected chi connectivity index (χ4v) is 3.59. The molecule has 2 unspecified atom stereocenters. The molecular weight excluding hydrogens is 233 g/mol. The quantitative estimate of drug-likeness (QED) is 0.814. The van der Waals surface area contributed by atoms with Crippen molar-refractivity contribution in [3.63, 3.8) is 0 Å². The average Bonchev–Trinajstić information content (AvgIpc) is 2.17. The molecule has 15 heavy (non-hydrogen) atoms. The van der Waals surface area contributed by atoms with Gasteiger partial charge in [-0.1, -0.05) is 18.5 Å². The predicted molar refractivity (Wildman–Crippen MR) is 64.0 cm³/mol. The Kier molecular flexibility index (Phi) is 3.24. The van der Waals surface area contributed by atoms with E-state index in [1.54, 1.807) is 6.07 Å². The van der Waals surface area contributed by atoms with Crippen LogP contribution in [-0.4, -0.2) is 12.3 Å². The van der Waals surface area contributed by atoms with E-state index in [9.17, 15) is 4.39 Å². The summed E-state index contributed by atoms with van der Waals surface area (Å²) in [5, 5.41) is 4.21. The minimum Gasteiger partial charge on any atom is -0.312 e. The van der Waals surface area contributed by atoms with E-state index in [2.05, 4.69) is 12.2 Å². The highest BCUT2D eigenvalue weighted by Gasteiger charge is 2.27. The van der Waals surface area contributed by atoms with Crippen molar-refractivity contribution in [1.82, 2.24) is 5.32 Å². The molecule has 0 aromatic heterocycles. The molecule has 1 aromatic carbocycles. The lowest BCUT2D eigenvalue weighted by atomic mass is 9.98. The van der Waals surface area contributed by atoms with Crippen LogP contribution in [-0.2, 0) is 5.75 Å². The molecule has 0 amide bonds. The average molecular weight is 246 g/mol. The molecule has 0 spiro atoms. The van der Waals surface area contributed by atoms with Crippen LogP contribution in [0.3, 0.4) is 0 Å². The lowest BCUT2D eigenvalue weighted by Gasteiger charge is -2.31. The Morgan fingerprint density at radius 1 is 1.53 bits per heavy atom. The second kappa shape index (κ2) is 4.32. The van der Waals surface area contributed by atoms with Crippen LogP contribution < -0.4 is 5.32 Å². The van der Waals surface area contributed by atoms with E-state index in [0.717, 1.165) is 16.9 Å². The van der Waals surface area contributed by atoms with Gasteiger partial charge >= 0.3 is 0 Å². The van der Waals surface area contributed by atoms with E-state index in [0.29, 0.717) is 10.3 Å². The number of rotatable bonds is 1. The highest BCUT2D eigenvalue weighted by atomic mass is 35.5. The van der Waals surface area contributed by atoms with Crippen molar-refractivity contribution in [2.75, 3.05) is 7.05 Å². The smallest absolute Gasteiger partial charge is 0.125 e. The molecular formula is C11H13ClFNS. The summed E-state index contributed by atoms with van der Waals surface area (Å²) in [6.07, 6.45) is 0. The maximum absolute atomic E-state index is 13.3. The summed E-state index contributed by atoms with van der Waals surface area (Å²) in [6.45, 7) is 2.15. The van der Waals surface area contributed by atoms with Gasteiger partial charge in [-0.3, -0.25) is 0 Å². The van der Waals surface area contributed by atoms with Gasteiger partial charge in [0.15, 0.2) is 0 Å². The van der Waals surface area contributed by atoms with Crippen LogP contribution in [0.1, 0.15) is 24.1 Å². The Morgan fingerprint density at radius 2 is 2.27 bits per heavy atom. The molecule has 0 saturated carbocycles. The van der Waals surface area contributed by atoms with Crippen molar-refractivity contribution < 1.29 is 4.39 Å². The standard InChI is InChI=1S/C11H13ClFNS/c1-6-11(14-2)8-3-7(13)4-10(12)9(8)5-15-6/h3-4,6,11,14H,5H2,1-2H3. The Labute approximate surface area is 98.4 Å². The number of benzene rings is 1. The molecule has 1 heterocycles. The first-order valence-electron chi connectivity index (χ1n) is 4.90. The molecule has 0 fully saturated rings. The molecule has 4 heteroatoms. The molecule has 2 rings (SSSR count). The third-order valence-electron chi connectivity index (χ3n) is 2.80. The molecule has 82 valence electrons. The van der Waals surface area contributed by atoms with Gasteiger partial charge in [0, 0.05) is 22.1 Å². The first-order valence-corrected chi connectivity index (χ1v) is 6.33. The summed E-state index contributed by atoms with van der Waals surface area (Å²) in [7, 11) is 1.90. The van der Waals surface area contributed by atoms with Gasteiger partial charge in [-0.25, -0.2) is 4.39 Å². The van der Waals surface area contributed by atoms with E-state index in [1.807, 2.05) is 18.8 Å². The van der Waals surface area contributed by atoms with Crippen molar-refractivity contribution in [1.29, 1.82) is 0 Å². The van der Waals surface area contributed by atoms with E-state index >= 15 is 0 Å². The van der Waals surface area contributed by atoms with Crippen molar-refractivity contribution >= 4 is 23.4 Å². The number of fused-ring (bicyclic) bond motifs is 1. The summed E-state index contributed by atoms with van der Waals surface area (Å²) in [5.74, 6) is 0.617. The van der Waals surface area contributed by atoms with Crippen LogP contribution in [0.2, 0.25) is 5.02 Å². The van der Waals surface area contributed by atoms with E-state index in [-0.39, 0.29) is 11.9 Å². The molecule has 0 saturated heterocycles. The van der Waals surface area contributed by atoms with Crippen molar-refractivity contribution in [3.8, 4) is 0 Å². The second-order valence-corrected chi connectivity index (χ2v) is 5.51. The van der Waals surface area contributed by atoms with Crippen LogP contribution in [0.15, 0.2) is 12.1 Å². The molecule has 1 nitrogen and oxygen atoms in total. The molecule has 0 radical (unpaired) electrons. The van der Waals surface area contributed by atoms with Crippen molar-refractivity contribution in [3.05, 3.63) is 34.1 Å². The number of nitrogens with one attached hydrogen (secondary N) is 1. The Bertz CT molecular complexity index is 383. The zero-order valence-corrected chi connectivity index (χ0v) is 10.3. The van der Waals surface area contributed by atoms with Gasteiger partial charge in [0.1, 0.15) is 5.82 Å². The van der Waals surface area contributed by atoms with Gasteiger partial charge in [0.05, 0.1) is 0 Å². The molecule has 1 aliphatic heterocycles. The van der Waals surface area contributed by atoms with Gasteiger partial charge in [-0.15, -0.1) is 0 Å². The second-order valence-electron chi connectivity index (χ2n) is 3.74. The summed E-state index contributed by atoms with van der Waals surface area (Å²) in [4.78, 5) is 0. The highest BCUT2D eigenvalue weighted by molar-refractivity contribution is 7.99. The minimum absolute atomic E-state index is 0.187. The van der Waals surface area contributed by atoms with Crippen LogP contribution in [0.25, 0.3) is 0 Å². The molecule has 1 aromatic rings. The maximum Gasteiger partial charge on any atom is 0.125 e. The largest absolute Gasteiger partial charge is 0.312 e. The summed E-state index contributed by atoms with van der Waals surface area (Å²) >= 11 is 7.88. The minimum atomic E-state index is -0.252. The van der Waals surface area contributed by atoms with Gasteiger partial charge < -0.3 is 5.32 Å². The van der Waals surface area contributed by atoms with Crippen LogP contribution in [0, 0.1) is 5.82 Å². The summed E-state index contributed by atoms with van der Waals surface area (Å²) in [5.41, 5.74) is 2.08. The fraction of sp³-hybridized carbons (Fsp3) is 0.455. The number of thioether (sulfide) groups is 1. The third kappa shape index (κ3) is 2.01. The van der Waals surface area contributed by atoms with Gasteiger partial charge in [0.2, 0.25) is 0 Å². The maximum atomic E-state index is 13.3. The molecule has 1 aliphatic rings. The molecule has 0 aliphatic carbocycles. The van der Waals surface area contributed by atoms with Crippen LogP contribution in [0.4, 0.5) is 4.39 Å². The highest BCUT2D eigenvalue weighted by Crippen LogP contribution is 2.40. The normalized spacial score (nSPS) is 25.1. The zero-order valence-electron chi connectivity index (χ0n) is 8.68. The molecule has 0 bridgehead atoms.